The summed E-state index contributed by atoms with van der Waals surface area (Å²) in [6, 6.07) is 8.27. The number of hydrogen-bond acceptors (Lipinski definition) is 3. The summed E-state index contributed by atoms with van der Waals surface area (Å²) in [4.78, 5) is 14.6. The molecule has 1 aromatic carbocycles. The average molecular weight is 290 g/mol. The van der Waals surface area contributed by atoms with Gasteiger partial charge in [-0.15, -0.1) is 0 Å². The molecule has 1 aliphatic heterocycles. The van der Waals surface area contributed by atoms with Crippen LogP contribution in [0.3, 0.4) is 0 Å². The number of hydrogen-bond donors (Lipinski definition) is 1. The van der Waals surface area contributed by atoms with E-state index in [1.54, 1.807) is 7.11 Å². The maximum Gasteiger partial charge on any atom is 0.241 e. The van der Waals surface area contributed by atoms with Gasteiger partial charge >= 0.3 is 0 Å². The Bertz CT molecular complexity index is 472. The average Bonchev–Trinajstić information content (AvgIpc) is 2.82. The molecule has 3 unspecified atom stereocenters. The highest BCUT2D eigenvalue weighted by Crippen LogP contribution is 2.29. The smallest absolute Gasteiger partial charge is 0.241 e. The molecule has 0 aliphatic carbocycles. The van der Waals surface area contributed by atoms with Crippen molar-refractivity contribution in [2.45, 2.75) is 39.4 Å². The van der Waals surface area contributed by atoms with Gasteiger partial charge in [-0.2, -0.15) is 0 Å². The highest BCUT2D eigenvalue weighted by Gasteiger charge is 2.41. The van der Waals surface area contributed by atoms with Crippen LogP contribution in [-0.4, -0.2) is 37.1 Å². The van der Waals surface area contributed by atoms with E-state index in [1.807, 2.05) is 4.90 Å². The molecule has 1 fully saturated rings. The third-order valence-electron chi connectivity index (χ3n) is 4.34. The number of ether oxygens (including phenoxy) is 1. The van der Waals surface area contributed by atoms with E-state index in [2.05, 4.69) is 50.4 Å². The first-order valence-corrected chi connectivity index (χ1v) is 7.70. The van der Waals surface area contributed by atoms with Crippen molar-refractivity contribution in [3.63, 3.8) is 0 Å². The third-order valence-corrected chi connectivity index (χ3v) is 4.34. The highest BCUT2D eigenvalue weighted by molar-refractivity contribution is 5.84. The second-order valence-corrected chi connectivity index (χ2v) is 5.87. The van der Waals surface area contributed by atoms with Crippen LogP contribution in [-0.2, 0) is 9.53 Å². The first kappa shape index (κ1) is 16.0. The first-order valence-electron chi connectivity index (χ1n) is 7.70. The van der Waals surface area contributed by atoms with Gasteiger partial charge < -0.3 is 9.64 Å². The van der Waals surface area contributed by atoms with Crippen LogP contribution in [0, 0.1) is 12.8 Å². The van der Waals surface area contributed by atoms with Gasteiger partial charge in [-0.1, -0.05) is 50.1 Å². The molecule has 0 aromatic heterocycles. The molecular weight excluding hydrogens is 264 g/mol. The minimum Gasteiger partial charge on any atom is -0.383 e. The van der Waals surface area contributed by atoms with E-state index in [1.165, 1.54) is 5.56 Å². The Hall–Kier alpha value is -1.39. The standard InChI is InChI=1S/C17H26N2O2/c1-5-13(3)15-17(20)19(10-11-21-4)16(18-15)14-8-6-12(2)7-9-14/h6-9,13,15-16,18H,5,10-11H2,1-4H3. The number of rotatable bonds is 6. The molecular formula is C17H26N2O2. The van der Waals surface area contributed by atoms with E-state index in [-0.39, 0.29) is 18.1 Å². The molecule has 4 nitrogen and oxygen atoms in total. The molecule has 1 heterocycles. The zero-order chi connectivity index (χ0) is 15.4. The molecule has 4 heteroatoms. The summed E-state index contributed by atoms with van der Waals surface area (Å²) in [5.41, 5.74) is 2.36. The lowest BCUT2D eigenvalue weighted by Gasteiger charge is -2.24. The normalized spacial score (nSPS) is 23.6. The summed E-state index contributed by atoms with van der Waals surface area (Å²) in [6.07, 6.45) is 0.939. The van der Waals surface area contributed by atoms with Crippen molar-refractivity contribution in [2.75, 3.05) is 20.3 Å². The Balaban J connectivity index is 2.23. The molecule has 21 heavy (non-hydrogen) atoms. The second-order valence-electron chi connectivity index (χ2n) is 5.87. The van der Waals surface area contributed by atoms with Gasteiger partial charge in [0.25, 0.3) is 0 Å². The Kier molecular flexibility index (Phi) is 5.37. The maximum atomic E-state index is 12.7. The van der Waals surface area contributed by atoms with Crippen LogP contribution in [0.25, 0.3) is 0 Å². The van der Waals surface area contributed by atoms with Crippen LogP contribution in [0.1, 0.15) is 37.6 Å². The first-order chi connectivity index (χ1) is 10.1. The summed E-state index contributed by atoms with van der Waals surface area (Å²) in [7, 11) is 1.67. The molecule has 1 amide bonds. The van der Waals surface area contributed by atoms with Gasteiger partial charge in [0.05, 0.1) is 12.6 Å². The fraction of sp³-hybridized carbons (Fsp3) is 0.588. The Morgan fingerprint density at radius 3 is 2.57 bits per heavy atom. The van der Waals surface area contributed by atoms with Crippen molar-refractivity contribution < 1.29 is 9.53 Å². The summed E-state index contributed by atoms with van der Waals surface area (Å²) >= 11 is 0. The molecule has 0 spiro atoms. The highest BCUT2D eigenvalue weighted by atomic mass is 16.5. The third kappa shape index (κ3) is 3.44. The van der Waals surface area contributed by atoms with Gasteiger partial charge in [0, 0.05) is 13.7 Å². The van der Waals surface area contributed by atoms with Gasteiger partial charge in [0.2, 0.25) is 5.91 Å². The van der Waals surface area contributed by atoms with E-state index in [0.29, 0.717) is 19.1 Å². The molecule has 0 radical (unpaired) electrons. The number of nitrogens with one attached hydrogen (secondary N) is 1. The van der Waals surface area contributed by atoms with Crippen molar-refractivity contribution in [1.29, 1.82) is 0 Å². The van der Waals surface area contributed by atoms with Crippen molar-refractivity contribution in [3.8, 4) is 0 Å². The summed E-state index contributed by atoms with van der Waals surface area (Å²) < 4.78 is 5.16. The lowest BCUT2D eigenvalue weighted by atomic mass is 9.99. The van der Waals surface area contributed by atoms with Crippen LogP contribution in [0.5, 0.6) is 0 Å². The van der Waals surface area contributed by atoms with Gasteiger partial charge in [0.15, 0.2) is 0 Å². The van der Waals surface area contributed by atoms with Crippen LogP contribution < -0.4 is 5.32 Å². The van der Waals surface area contributed by atoms with Crippen molar-refractivity contribution in [2.24, 2.45) is 5.92 Å². The number of carbonyl (C=O) groups is 1. The molecule has 3 atom stereocenters. The summed E-state index contributed by atoms with van der Waals surface area (Å²) in [5.74, 6) is 0.518. The predicted octanol–water partition coefficient (Wildman–Crippen LogP) is 2.49. The molecule has 1 aliphatic rings. The van der Waals surface area contributed by atoms with Gasteiger partial charge in [-0.3, -0.25) is 10.1 Å². The second kappa shape index (κ2) is 7.05. The number of amides is 1. The number of benzene rings is 1. The maximum absolute atomic E-state index is 12.7. The van der Waals surface area contributed by atoms with Gasteiger partial charge in [-0.05, 0) is 18.4 Å². The van der Waals surface area contributed by atoms with Crippen LogP contribution in [0.4, 0.5) is 0 Å². The van der Waals surface area contributed by atoms with Crippen molar-refractivity contribution in [3.05, 3.63) is 35.4 Å². The molecule has 1 aromatic rings. The van der Waals surface area contributed by atoms with Crippen LogP contribution in [0.15, 0.2) is 24.3 Å². The number of carbonyl (C=O) groups excluding carboxylic acids is 1. The van der Waals surface area contributed by atoms with Crippen molar-refractivity contribution in [1.82, 2.24) is 10.2 Å². The van der Waals surface area contributed by atoms with E-state index < -0.39 is 0 Å². The monoisotopic (exact) mass is 290 g/mol. The van der Waals surface area contributed by atoms with E-state index in [4.69, 9.17) is 4.74 Å². The minimum absolute atomic E-state index is 0.0488. The summed E-state index contributed by atoms with van der Waals surface area (Å²) in [6.45, 7) is 7.50. The van der Waals surface area contributed by atoms with Crippen molar-refractivity contribution >= 4 is 5.91 Å². The fourth-order valence-corrected chi connectivity index (χ4v) is 2.73. The van der Waals surface area contributed by atoms with E-state index in [9.17, 15) is 4.79 Å². The summed E-state index contributed by atoms with van der Waals surface area (Å²) in [5, 5.41) is 3.51. The lowest BCUT2D eigenvalue weighted by molar-refractivity contribution is -0.131. The molecule has 1 N–H and O–H groups in total. The molecule has 0 saturated carbocycles. The Labute approximate surface area is 127 Å². The van der Waals surface area contributed by atoms with E-state index in [0.717, 1.165) is 12.0 Å². The molecule has 116 valence electrons. The van der Waals surface area contributed by atoms with E-state index >= 15 is 0 Å². The fourth-order valence-electron chi connectivity index (χ4n) is 2.73. The quantitative estimate of drug-likeness (QED) is 0.875. The number of nitrogens with zero attached hydrogens (tertiary/aromatic N) is 1. The largest absolute Gasteiger partial charge is 0.383 e. The van der Waals surface area contributed by atoms with Crippen LogP contribution in [0.2, 0.25) is 0 Å². The topological polar surface area (TPSA) is 41.6 Å². The predicted molar refractivity (Wildman–Crippen MR) is 83.9 cm³/mol. The lowest BCUT2D eigenvalue weighted by Crippen LogP contribution is -2.36. The zero-order valence-corrected chi connectivity index (χ0v) is 13.4. The van der Waals surface area contributed by atoms with Gasteiger partial charge in [-0.25, -0.2) is 0 Å². The molecule has 0 bridgehead atoms. The Morgan fingerprint density at radius 1 is 1.33 bits per heavy atom. The Morgan fingerprint density at radius 2 is 2.00 bits per heavy atom. The zero-order valence-electron chi connectivity index (χ0n) is 13.4. The molecule has 1 saturated heterocycles. The number of aryl methyl sites for hydroxylation is 1. The SMILES string of the molecule is CCC(C)C1NC(c2ccc(C)cc2)N(CCOC)C1=O. The molecule has 2 rings (SSSR count). The minimum atomic E-state index is -0.0989. The van der Waals surface area contributed by atoms with Gasteiger partial charge in [0.1, 0.15) is 6.17 Å². The van der Waals surface area contributed by atoms with Crippen LogP contribution >= 0.6 is 0 Å². The number of methoxy groups -OCH3 is 1.